The van der Waals surface area contributed by atoms with E-state index in [4.69, 9.17) is 15.9 Å². The van der Waals surface area contributed by atoms with E-state index in [9.17, 15) is 0 Å². The van der Waals surface area contributed by atoms with Crippen molar-refractivity contribution < 1.29 is 4.74 Å². The molecule has 0 atom stereocenters. The number of likely N-dealkylation sites (tertiary alicyclic amines) is 1. The summed E-state index contributed by atoms with van der Waals surface area (Å²) in [4.78, 5) is 6.31. The lowest BCUT2D eigenvalue weighted by atomic mass is 10.1. The highest BCUT2D eigenvalue weighted by atomic mass is 16.5. The van der Waals surface area contributed by atoms with E-state index in [2.05, 4.69) is 16.9 Å². The Morgan fingerprint density at radius 3 is 2.88 bits per heavy atom. The monoisotopic (exact) mass is 234 g/mol. The highest BCUT2D eigenvalue weighted by Gasteiger charge is 2.19. The van der Waals surface area contributed by atoms with Crippen LogP contribution in [0.4, 0.5) is 0 Å². The molecule has 0 unspecified atom stereocenters. The third-order valence-corrected chi connectivity index (χ3v) is 3.03. The minimum atomic E-state index is 0.0235. The van der Waals surface area contributed by atoms with E-state index in [1.807, 2.05) is 0 Å². The molecule has 1 aliphatic rings. The van der Waals surface area contributed by atoms with Gasteiger partial charge in [-0.05, 0) is 26.0 Å². The molecular formula is C12H18N4O. The van der Waals surface area contributed by atoms with Gasteiger partial charge in [0.1, 0.15) is 17.7 Å². The van der Waals surface area contributed by atoms with Crippen molar-refractivity contribution in [1.29, 1.82) is 5.41 Å². The fraction of sp³-hybridized carbons (Fsp3) is 0.500. The van der Waals surface area contributed by atoms with E-state index in [1.165, 1.54) is 0 Å². The first kappa shape index (κ1) is 11.9. The molecule has 0 aliphatic carbocycles. The maximum absolute atomic E-state index is 7.49. The van der Waals surface area contributed by atoms with Crippen LogP contribution in [0.15, 0.2) is 18.5 Å². The number of aromatic nitrogens is 1. The number of nitrogens with one attached hydrogen (secondary N) is 1. The van der Waals surface area contributed by atoms with E-state index in [0.29, 0.717) is 11.3 Å². The van der Waals surface area contributed by atoms with Crippen molar-refractivity contribution in [3.63, 3.8) is 0 Å². The summed E-state index contributed by atoms with van der Waals surface area (Å²) in [6, 6.07) is 1.71. The second-order valence-electron chi connectivity index (χ2n) is 4.41. The Morgan fingerprint density at radius 2 is 2.24 bits per heavy atom. The van der Waals surface area contributed by atoms with E-state index in [-0.39, 0.29) is 11.9 Å². The number of amidine groups is 1. The Morgan fingerprint density at radius 1 is 1.53 bits per heavy atom. The molecule has 0 bridgehead atoms. The summed E-state index contributed by atoms with van der Waals surface area (Å²) in [5.74, 6) is 0.643. The van der Waals surface area contributed by atoms with Crippen molar-refractivity contribution in [2.75, 3.05) is 20.1 Å². The maximum Gasteiger partial charge on any atom is 0.148 e. The molecule has 0 spiro atoms. The van der Waals surface area contributed by atoms with Crippen LogP contribution in [0.1, 0.15) is 18.4 Å². The van der Waals surface area contributed by atoms with E-state index < -0.39 is 0 Å². The summed E-state index contributed by atoms with van der Waals surface area (Å²) < 4.78 is 5.89. The average molecular weight is 234 g/mol. The molecule has 92 valence electrons. The number of ether oxygens (including phenoxy) is 1. The molecule has 5 nitrogen and oxygen atoms in total. The van der Waals surface area contributed by atoms with Gasteiger partial charge in [0.25, 0.3) is 0 Å². The van der Waals surface area contributed by atoms with Crippen LogP contribution < -0.4 is 10.5 Å². The molecule has 1 aromatic rings. The SMILES string of the molecule is CN1CCC(Oc2cnccc2C(=N)N)CC1. The minimum absolute atomic E-state index is 0.0235. The van der Waals surface area contributed by atoms with Gasteiger partial charge in [0.2, 0.25) is 0 Å². The molecule has 1 fully saturated rings. The summed E-state index contributed by atoms with van der Waals surface area (Å²) in [7, 11) is 2.11. The van der Waals surface area contributed by atoms with Crippen LogP contribution in [-0.4, -0.2) is 42.0 Å². The number of rotatable bonds is 3. The van der Waals surface area contributed by atoms with E-state index in [0.717, 1.165) is 25.9 Å². The summed E-state index contributed by atoms with van der Waals surface area (Å²) in [6.45, 7) is 2.08. The summed E-state index contributed by atoms with van der Waals surface area (Å²) in [6.07, 6.45) is 5.46. The highest BCUT2D eigenvalue weighted by Crippen LogP contribution is 2.21. The summed E-state index contributed by atoms with van der Waals surface area (Å²) in [5, 5.41) is 7.49. The molecule has 0 radical (unpaired) electrons. The molecule has 1 aromatic heterocycles. The van der Waals surface area contributed by atoms with Crippen molar-refractivity contribution in [3.8, 4) is 5.75 Å². The number of piperidine rings is 1. The second-order valence-corrected chi connectivity index (χ2v) is 4.41. The number of hydrogen-bond acceptors (Lipinski definition) is 4. The number of nitrogens with two attached hydrogens (primary N) is 1. The van der Waals surface area contributed by atoms with Crippen molar-refractivity contribution in [3.05, 3.63) is 24.0 Å². The van der Waals surface area contributed by atoms with Crippen molar-refractivity contribution in [1.82, 2.24) is 9.88 Å². The molecule has 1 aliphatic heterocycles. The van der Waals surface area contributed by atoms with Crippen LogP contribution in [0.5, 0.6) is 5.75 Å². The van der Waals surface area contributed by atoms with Gasteiger partial charge in [0.05, 0.1) is 11.8 Å². The molecule has 17 heavy (non-hydrogen) atoms. The fourth-order valence-electron chi connectivity index (χ4n) is 1.98. The van der Waals surface area contributed by atoms with Crippen molar-refractivity contribution in [2.24, 2.45) is 5.73 Å². The zero-order chi connectivity index (χ0) is 12.3. The quantitative estimate of drug-likeness (QED) is 0.600. The molecular weight excluding hydrogens is 216 g/mol. The first-order valence-corrected chi connectivity index (χ1v) is 5.80. The Hall–Kier alpha value is -1.62. The van der Waals surface area contributed by atoms with E-state index in [1.54, 1.807) is 18.5 Å². The van der Waals surface area contributed by atoms with Gasteiger partial charge in [-0.25, -0.2) is 0 Å². The molecule has 0 amide bonds. The van der Waals surface area contributed by atoms with Gasteiger partial charge in [-0.3, -0.25) is 10.4 Å². The summed E-state index contributed by atoms with van der Waals surface area (Å²) in [5.41, 5.74) is 6.13. The van der Waals surface area contributed by atoms with Gasteiger partial charge in [-0.2, -0.15) is 0 Å². The standard InChI is InChI=1S/C12H18N4O/c1-16-6-3-9(4-7-16)17-11-8-15-5-2-10(11)12(13)14/h2,5,8-9H,3-4,6-7H2,1H3,(H3,13,14). The number of pyridine rings is 1. The largest absolute Gasteiger partial charge is 0.488 e. The second kappa shape index (κ2) is 5.14. The third-order valence-electron chi connectivity index (χ3n) is 3.03. The Bertz CT molecular complexity index is 399. The fourth-order valence-corrected chi connectivity index (χ4v) is 1.98. The first-order valence-electron chi connectivity index (χ1n) is 5.80. The maximum atomic E-state index is 7.49. The van der Waals surface area contributed by atoms with E-state index >= 15 is 0 Å². The lowest BCUT2D eigenvalue weighted by Crippen LogP contribution is -2.36. The van der Waals surface area contributed by atoms with Crippen LogP contribution >= 0.6 is 0 Å². The predicted octanol–water partition coefficient (Wildman–Crippen LogP) is 0.839. The van der Waals surface area contributed by atoms with Crippen molar-refractivity contribution in [2.45, 2.75) is 18.9 Å². The number of nitrogen functional groups attached to an aromatic ring is 1. The molecule has 0 saturated carbocycles. The topological polar surface area (TPSA) is 75.2 Å². The van der Waals surface area contributed by atoms with Gasteiger partial charge >= 0.3 is 0 Å². The van der Waals surface area contributed by atoms with Crippen LogP contribution in [0.3, 0.4) is 0 Å². The molecule has 2 heterocycles. The van der Waals surface area contributed by atoms with Gasteiger partial charge in [0.15, 0.2) is 0 Å². The smallest absolute Gasteiger partial charge is 0.148 e. The Kier molecular flexibility index (Phi) is 3.58. The zero-order valence-corrected chi connectivity index (χ0v) is 10.0. The van der Waals surface area contributed by atoms with Crippen molar-refractivity contribution >= 4 is 5.84 Å². The van der Waals surface area contributed by atoms with Crippen LogP contribution in [-0.2, 0) is 0 Å². The molecule has 1 saturated heterocycles. The molecule has 3 N–H and O–H groups in total. The summed E-state index contributed by atoms with van der Waals surface area (Å²) >= 11 is 0. The minimum Gasteiger partial charge on any atom is -0.488 e. The average Bonchev–Trinajstić information content (AvgIpc) is 2.32. The normalized spacial score (nSPS) is 17.9. The Balaban J connectivity index is 2.05. The zero-order valence-electron chi connectivity index (χ0n) is 10.0. The van der Waals surface area contributed by atoms with Crippen LogP contribution in [0.25, 0.3) is 0 Å². The predicted molar refractivity (Wildman–Crippen MR) is 66.4 cm³/mol. The Labute approximate surface area is 101 Å². The van der Waals surface area contributed by atoms with Crippen LogP contribution in [0.2, 0.25) is 0 Å². The van der Waals surface area contributed by atoms with Crippen LogP contribution in [0, 0.1) is 5.41 Å². The molecule has 0 aromatic carbocycles. The molecule has 5 heteroatoms. The van der Waals surface area contributed by atoms with Gasteiger partial charge in [-0.15, -0.1) is 0 Å². The van der Waals surface area contributed by atoms with Gasteiger partial charge in [0, 0.05) is 19.3 Å². The van der Waals surface area contributed by atoms with Gasteiger partial charge < -0.3 is 15.4 Å². The number of nitrogens with zero attached hydrogens (tertiary/aromatic N) is 2. The lowest BCUT2D eigenvalue weighted by molar-refractivity contribution is 0.114. The third kappa shape index (κ3) is 2.94. The molecule has 2 rings (SSSR count). The number of hydrogen-bond donors (Lipinski definition) is 2. The highest BCUT2D eigenvalue weighted by molar-refractivity contribution is 5.97. The first-order chi connectivity index (χ1) is 8.16. The van der Waals surface area contributed by atoms with Gasteiger partial charge in [-0.1, -0.05) is 0 Å². The lowest BCUT2D eigenvalue weighted by Gasteiger charge is -2.29.